The molecule has 0 atom stereocenters. The number of benzene rings is 1. The number of nitrogens with zero attached hydrogens (tertiary/aromatic N) is 1. The molecule has 104 valence electrons. The van der Waals surface area contributed by atoms with E-state index in [1.54, 1.807) is 25.1 Å². The van der Waals surface area contributed by atoms with E-state index in [2.05, 4.69) is 10.5 Å². The maximum absolute atomic E-state index is 11.9. The lowest BCUT2D eigenvalue weighted by atomic mass is 10.2. The van der Waals surface area contributed by atoms with E-state index < -0.39 is 5.91 Å². The first kappa shape index (κ1) is 14.6. The summed E-state index contributed by atoms with van der Waals surface area (Å²) in [7, 11) is 0. The number of halogens is 2. The van der Waals surface area contributed by atoms with Gasteiger partial charge in [0, 0.05) is 5.02 Å². The second-order valence-electron chi connectivity index (χ2n) is 4.17. The van der Waals surface area contributed by atoms with E-state index in [4.69, 9.17) is 27.6 Å². The summed E-state index contributed by atoms with van der Waals surface area (Å²) in [6.45, 7) is 3.57. The third-order valence-corrected chi connectivity index (χ3v) is 3.15. The fraction of sp³-hybridized carbons (Fsp3) is 0.143. The molecule has 20 heavy (non-hydrogen) atoms. The van der Waals surface area contributed by atoms with Gasteiger partial charge in [0.05, 0.1) is 10.6 Å². The number of hydrogen-bond acceptors (Lipinski definition) is 3. The minimum absolute atomic E-state index is 0.275. The summed E-state index contributed by atoms with van der Waals surface area (Å²) < 4.78 is 5.40. The lowest BCUT2D eigenvalue weighted by Crippen LogP contribution is -2.19. The van der Waals surface area contributed by atoms with Crippen LogP contribution < -0.4 is 5.43 Å². The fourth-order valence-corrected chi connectivity index (χ4v) is 2.05. The molecule has 0 bridgehead atoms. The van der Waals surface area contributed by atoms with Gasteiger partial charge < -0.3 is 4.42 Å². The number of rotatable bonds is 3. The van der Waals surface area contributed by atoms with Crippen LogP contribution in [0.2, 0.25) is 10.0 Å². The minimum atomic E-state index is -0.408. The molecule has 0 aliphatic heterocycles. The third-order valence-electron chi connectivity index (χ3n) is 2.60. The van der Waals surface area contributed by atoms with Crippen LogP contribution in [0.4, 0.5) is 0 Å². The summed E-state index contributed by atoms with van der Waals surface area (Å²) in [5.41, 5.74) is 3.30. The van der Waals surface area contributed by atoms with Crippen LogP contribution in [0.5, 0.6) is 0 Å². The first-order valence-electron chi connectivity index (χ1n) is 5.84. The van der Waals surface area contributed by atoms with Crippen LogP contribution >= 0.6 is 23.2 Å². The Labute approximate surface area is 126 Å². The summed E-state index contributed by atoms with van der Waals surface area (Å²) in [4.78, 5) is 11.9. The van der Waals surface area contributed by atoms with E-state index >= 15 is 0 Å². The quantitative estimate of drug-likeness (QED) is 0.687. The molecule has 0 unspecified atom stereocenters. The molecule has 1 aromatic heterocycles. The van der Waals surface area contributed by atoms with Crippen LogP contribution in [0.15, 0.2) is 39.9 Å². The molecule has 1 heterocycles. The predicted molar refractivity (Wildman–Crippen MR) is 79.6 cm³/mol. The average Bonchev–Trinajstić information content (AvgIpc) is 2.82. The van der Waals surface area contributed by atoms with Crippen molar-refractivity contribution >= 4 is 34.8 Å². The molecule has 2 rings (SSSR count). The van der Waals surface area contributed by atoms with Gasteiger partial charge in [-0.3, -0.25) is 4.79 Å². The topological polar surface area (TPSA) is 54.6 Å². The van der Waals surface area contributed by atoms with Crippen LogP contribution in [0.3, 0.4) is 0 Å². The van der Waals surface area contributed by atoms with E-state index in [0.717, 1.165) is 5.76 Å². The number of aryl methyl sites for hydroxylation is 1. The molecule has 0 aliphatic rings. The first-order valence-corrected chi connectivity index (χ1v) is 6.59. The van der Waals surface area contributed by atoms with Crippen molar-refractivity contribution in [2.24, 2.45) is 5.10 Å². The van der Waals surface area contributed by atoms with Crippen molar-refractivity contribution in [1.29, 1.82) is 0 Å². The van der Waals surface area contributed by atoms with Crippen LogP contribution in [0.25, 0.3) is 0 Å². The smallest absolute Gasteiger partial charge is 0.272 e. The van der Waals surface area contributed by atoms with Gasteiger partial charge in [0.25, 0.3) is 5.91 Å². The van der Waals surface area contributed by atoms with Crippen molar-refractivity contribution < 1.29 is 9.21 Å². The van der Waals surface area contributed by atoms with E-state index in [1.165, 1.54) is 6.07 Å². The molecule has 2 aromatic rings. The van der Waals surface area contributed by atoms with Crippen molar-refractivity contribution in [1.82, 2.24) is 5.43 Å². The molecular formula is C14H12Cl2N2O2. The van der Waals surface area contributed by atoms with Gasteiger partial charge in [-0.05, 0) is 44.2 Å². The Balaban J connectivity index is 2.12. The Morgan fingerprint density at radius 1 is 1.25 bits per heavy atom. The normalized spacial score (nSPS) is 11.5. The van der Waals surface area contributed by atoms with Crippen LogP contribution in [0.1, 0.15) is 28.8 Å². The van der Waals surface area contributed by atoms with Crippen molar-refractivity contribution in [2.75, 3.05) is 0 Å². The summed E-state index contributed by atoms with van der Waals surface area (Å²) >= 11 is 11.7. The minimum Gasteiger partial charge on any atom is -0.460 e. The van der Waals surface area contributed by atoms with Gasteiger partial charge in [-0.25, -0.2) is 5.43 Å². The van der Waals surface area contributed by atoms with E-state index in [-0.39, 0.29) is 5.02 Å². The van der Waals surface area contributed by atoms with Gasteiger partial charge >= 0.3 is 0 Å². The largest absolute Gasteiger partial charge is 0.460 e. The Morgan fingerprint density at radius 2 is 2.00 bits per heavy atom. The second-order valence-corrected chi connectivity index (χ2v) is 5.02. The molecule has 0 radical (unpaired) electrons. The Kier molecular flexibility index (Phi) is 4.47. The van der Waals surface area contributed by atoms with E-state index in [1.807, 2.05) is 13.0 Å². The highest BCUT2D eigenvalue weighted by Gasteiger charge is 2.10. The molecule has 1 aromatic carbocycles. The lowest BCUT2D eigenvalue weighted by Gasteiger charge is -2.03. The van der Waals surface area contributed by atoms with Crippen molar-refractivity contribution in [2.45, 2.75) is 13.8 Å². The second kappa shape index (κ2) is 6.11. The maximum atomic E-state index is 11.9. The molecule has 6 heteroatoms. The molecule has 0 spiro atoms. The molecule has 0 aliphatic carbocycles. The van der Waals surface area contributed by atoms with Crippen molar-refractivity contribution in [3.63, 3.8) is 0 Å². The van der Waals surface area contributed by atoms with Crippen molar-refractivity contribution in [3.05, 3.63) is 57.5 Å². The van der Waals surface area contributed by atoms with Gasteiger partial charge in [0.15, 0.2) is 0 Å². The monoisotopic (exact) mass is 310 g/mol. The Morgan fingerprint density at radius 3 is 2.60 bits per heavy atom. The van der Waals surface area contributed by atoms with E-state index in [0.29, 0.717) is 22.1 Å². The summed E-state index contributed by atoms with van der Waals surface area (Å²) in [6, 6.07) is 8.25. The molecular weight excluding hydrogens is 299 g/mol. The zero-order valence-electron chi connectivity index (χ0n) is 10.9. The Hall–Kier alpha value is -1.78. The number of hydrogen-bond donors (Lipinski definition) is 1. The highest BCUT2D eigenvalue weighted by atomic mass is 35.5. The van der Waals surface area contributed by atoms with Gasteiger partial charge in [-0.15, -0.1) is 0 Å². The predicted octanol–water partition coefficient (Wildman–Crippen LogP) is 4.05. The SMILES string of the molecule is C/C(=N/NC(=O)c1ccc(Cl)cc1Cl)c1ccc(C)o1. The molecule has 0 saturated carbocycles. The highest BCUT2D eigenvalue weighted by Crippen LogP contribution is 2.20. The Bertz CT molecular complexity index is 678. The van der Waals surface area contributed by atoms with Crippen molar-refractivity contribution in [3.8, 4) is 0 Å². The summed E-state index contributed by atoms with van der Waals surface area (Å²) in [5.74, 6) is 0.973. The average molecular weight is 311 g/mol. The molecule has 0 fully saturated rings. The fourth-order valence-electron chi connectivity index (χ4n) is 1.55. The lowest BCUT2D eigenvalue weighted by molar-refractivity contribution is 0.0955. The third kappa shape index (κ3) is 3.40. The summed E-state index contributed by atoms with van der Waals surface area (Å²) in [6.07, 6.45) is 0. The van der Waals surface area contributed by atoms with Crippen LogP contribution in [0, 0.1) is 6.92 Å². The van der Waals surface area contributed by atoms with Gasteiger partial charge in [-0.1, -0.05) is 23.2 Å². The number of carbonyl (C=O) groups excluding carboxylic acids is 1. The van der Waals surface area contributed by atoms with E-state index in [9.17, 15) is 4.79 Å². The van der Waals surface area contributed by atoms with Gasteiger partial charge in [-0.2, -0.15) is 5.10 Å². The summed E-state index contributed by atoms with van der Waals surface area (Å²) in [5, 5.41) is 4.72. The van der Waals surface area contributed by atoms with Gasteiger partial charge in [0.1, 0.15) is 17.2 Å². The number of nitrogens with one attached hydrogen (secondary N) is 1. The standard InChI is InChI=1S/C14H12Cl2N2O2/c1-8-3-6-13(20-8)9(2)17-18-14(19)11-5-4-10(15)7-12(11)16/h3-7H,1-2H3,(H,18,19)/b17-9-. The molecule has 4 nitrogen and oxygen atoms in total. The number of furan rings is 1. The first-order chi connectivity index (χ1) is 9.47. The molecule has 0 saturated heterocycles. The maximum Gasteiger partial charge on any atom is 0.272 e. The van der Waals surface area contributed by atoms with Gasteiger partial charge in [0.2, 0.25) is 0 Å². The van der Waals surface area contributed by atoms with Crippen LogP contribution in [-0.2, 0) is 0 Å². The number of amides is 1. The number of hydrazone groups is 1. The van der Waals surface area contributed by atoms with Crippen LogP contribution in [-0.4, -0.2) is 11.6 Å². The molecule has 1 N–H and O–H groups in total. The molecule has 1 amide bonds. The number of carbonyl (C=O) groups is 1. The highest BCUT2D eigenvalue weighted by molar-refractivity contribution is 6.36. The zero-order chi connectivity index (χ0) is 14.7. The zero-order valence-corrected chi connectivity index (χ0v) is 12.4.